The molecule has 0 saturated heterocycles. The molecule has 2 N–H and O–H groups in total. The van der Waals surface area contributed by atoms with Gasteiger partial charge in [0.25, 0.3) is 0 Å². The average molecular weight is 324 g/mol. The van der Waals surface area contributed by atoms with Crippen molar-refractivity contribution in [3.63, 3.8) is 0 Å². The van der Waals surface area contributed by atoms with Gasteiger partial charge in [0.1, 0.15) is 5.75 Å². The zero-order valence-corrected chi connectivity index (χ0v) is 15.1. The third-order valence-electron chi connectivity index (χ3n) is 5.89. The highest BCUT2D eigenvalue weighted by atomic mass is 16.3. The zero-order chi connectivity index (χ0) is 17.5. The van der Waals surface area contributed by atoms with Gasteiger partial charge in [-0.05, 0) is 64.0 Å². The summed E-state index contributed by atoms with van der Waals surface area (Å²) in [5, 5.41) is 19.1. The van der Waals surface area contributed by atoms with Crippen LogP contribution in [0.25, 0.3) is 0 Å². The lowest BCUT2D eigenvalue weighted by molar-refractivity contribution is 0.213. The second kappa shape index (κ2) is 5.93. The van der Waals surface area contributed by atoms with Gasteiger partial charge in [-0.15, -0.1) is 0 Å². The van der Waals surface area contributed by atoms with E-state index in [0.717, 1.165) is 18.4 Å². The summed E-state index contributed by atoms with van der Waals surface area (Å²) in [7, 11) is 0. The fourth-order valence-electron chi connectivity index (χ4n) is 4.25. The van der Waals surface area contributed by atoms with Crippen molar-refractivity contribution >= 4 is 0 Å². The summed E-state index contributed by atoms with van der Waals surface area (Å²) in [5.74, 6) is 0.889. The molecule has 2 nitrogen and oxygen atoms in total. The van der Waals surface area contributed by atoms with Crippen LogP contribution in [0, 0.1) is 5.92 Å². The van der Waals surface area contributed by atoms with Crippen molar-refractivity contribution in [3.05, 3.63) is 64.7 Å². The molecule has 0 aliphatic heterocycles. The van der Waals surface area contributed by atoms with Gasteiger partial charge in [-0.2, -0.15) is 0 Å². The Bertz CT molecular complexity index is 726. The molecule has 0 saturated carbocycles. The van der Waals surface area contributed by atoms with Gasteiger partial charge in [0, 0.05) is 0 Å². The van der Waals surface area contributed by atoms with Crippen LogP contribution in [0.5, 0.6) is 5.75 Å². The van der Waals surface area contributed by atoms with Crippen LogP contribution in [0.15, 0.2) is 42.5 Å². The molecule has 3 rings (SSSR count). The third kappa shape index (κ3) is 2.95. The molecule has 1 aliphatic carbocycles. The van der Waals surface area contributed by atoms with E-state index in [2.05, 4.69) is 45.9 Å². The highest BCUT2D eigenvalue weighted by molar-refractivity contribution is 5.46. The van der Waals surface area contributed by atoms with E-state index in [1.807, 2.05) is 24.3 Å². The lowest BCUT2D eigenvalue weighted by Gasteiger charge is -2.48. The first-order chi connectivity index (χ1) is 11.2. The van der Waals surface area contributed by atoms with E-state index >= 15 is 0 Å². The lowest BCUT2D eigenvalue weighted by Crippen LogP contribution is -2.42. The van der Waals surface area contributed by atoms with Crippen LogP contribution < -0.4 is 0 Å². The number of hydrogen-bond acceptors (Lipinski definition) is 2. The van der Waals surface area contributed by atoms with Gasteiger partial charge >= 0.3 is 0 Å². The number of aromatic hydroxyl groups is 1. The fraction of sp³-hybridized carbons (Fsp3) is 0.455. The lowest BCUT2D eigenvalue weighted by atomic mass is 9.56. The molecule has 128 valence electrons. The topological polar surface area (TPSA) is 40.5 Å². The van der Waals surface area contributed by atoms with Crippen molar-refractivity contribution in [1.82, 2.24) is 0 Å². The number of benzene rings is 2. The minimum atomic E-state index is 0.0549. The molecule has 1 aliphatic rings. The molecule has 2 heteroatoms. The van der Waals surface area contributed by atoms with Crippen molar-refractivity contribution in [2.45, 2.75) is 58.0 Å². The van der Waals surface area contributed by atoms with Gasteiger partial charge in [-0.3, -0.25) is 0 Å². The molecular weight excluding hydrogens is 296 g/mol. The minimum Gasteiger partial charge on any atom is -0.508 e. The van der Waals surface area contributed by atoms with E-state index in [1.54, 1.807) is 0 Å². The number of phenols is 1. The van der Waals surface area contributed by atoms with Crippen molar-refractivity contribution < 1.29 is 10.2 Å². The summed E-state index contributed by atoms with van der Waals surface area (Å²) >= 11 is 0. The molecule has 2 aromatic carbocycles. The van der Waals surface area contributed by atoms with E-state index < -0.39 is 0 Å². The molecular formula is C22H28O2. The molecule has 0 aromatic heterocycles. The quantitative estimate of drug-likeness (QED) is 0.859. The minimum absolute atomic E-state index is 0.0549. The maximum absolute atomic E-state index is 9.92. The molecule has 2 aromatic rings. The van der Waals surface area contributed by atoms with Gasteiger partial charge in [0.2, 0.25) is 0 Å². The van der Waals surface area contributed by atoms with Gasteiger partial charge in [0.05, 0.1) is 6.61 Å². The molecule has 0 heterocycles. The Balaban J connectivity index is 1.96. The Morgan fingerprint density at radius 2 is 1.54 bits per heavy atom. The monoisotopic (exact) mass is 324 g/mol. The first-order valence-corrected chi connectivity index (χ1v) is 8.77. The summed E-state index contributed by atoms with van der Waals surface area (Å²) < 4.78 is 0. The van der Waals surface area contributed by atoms with Crippen LogP contribution in [0.2, 0.25) is 0 Å². The number of aliphatic hydroxyl groups is 1. The second-order valence-electron chi connectivity index (χ2n) is 8.42. The van der Waals surface area contributed by atoms with Crippen LogP contribution in [-0.4, -0.2) is 10.2 Å². The largest absolute Gasteiger partial charge is 0.508 e. The summed E-state index contributed by atoms with van der Waals surface area (Å²) in [6.07, 6.45) is 2.13. The molecule has 0 amide bonds. The number of aliphatic hydroxyl groups excluding tert-OH is 1. The van der Waals surface area contributed by atoms with E-state index in [9.17, 15) is 10.2 Å². The molecule has 0 radical (unpaired) electrons. The Kier molecular flexibility index (Phi) is 4.21. The van der Waals surface area contributed by atoms with Gasteiger partial charge in [0.15, 0.2) is 0 Å². The van der Waals surface area contributed by atoms with Crippen LogP contribution in [0.4, 0.5) is 0 Å². The second-order valence-corrected chi connectivity index (χ2v) is 8.42. The Labute approximate surface area is 145 Å². The number of phenolic OH excluding ortho intramolecular Hbond substituents is 1. The normalized spacial score (nSPS) is 21.3. The van der Waals surface area contributed by atoms with Crippen molar-refractivity contribution in [1.29, 1.82) is 0 Å². The number of hydrogen-bond donors (Lipinski definition) is 2. The Hall–Kier alpha value is -1.80. The van der Waals surface area contributed by atoms with Gasteiger partial charge in [-0.1, -0.05) is 58.0 Å². The van der Waals surface area contributed by atoms with Gasteiger partial charge in [-0.25, -0.2) is 0 Å². The van der Waals surface area contributed by atoms with E-state index in [1.165, 1.54) is 16.7 Å². The van der Waals surface area contributed by atoms with E-state index in [-0.39, 0.29) is 17.4 Å². The van der Waals surface area contributed by atoms with Gasteiger partial charge < -0.3 is 10.2 Å². The SMILES string of the molecule is CC1(C)CC(Cc2ccc(CO)cc2)C(C)(C)c2ccc(O)cc21. The summed E-state index contributed by atoms with van der Waals surface area (Å²) in [4.78, 5) is 0. The highest BCUT2D eigenvalue weighted by Crippen LogP contribution is 2.50. The number of fused-ring (bicyclic) bond motifs is 1. The first-order valence-electron chi connectivity index (χ1n) is 8.77. The maximum Gasteiger partial charge on any atom is 0.115 e. The predicted molar refractivity (Wildman–Crippen MR) is 98.3 cm³/mol. The van der Waals surface area contributed by atoms with Crippen LogP contribution >= 0.6 is 0 Å². The Morgan fingerprint density at radius 3 is 2.17 bits per heavy atom. The molecule has 0 bridgehead atoms. The fourth-order valence-corrected chi connectivity index (χ4v) is 4.25. The van der Waals surface area contributed by atoms with Crippen LogP contribution in [-0.2, 0) is 23.9 Å². The number of rotatable bonds is 3. The summed E-state index contributed by atoms with van der Waals surface area (Å²) in [5.41, 5.74) is 5.03. The predicted octanol–water partition coefficient (Wildman–Crippen LogP) is 4.70. The first kappa shape index (κ1) is 17.0. The van der Waals surface area contributed by atoms with Crippen LogP contribution in [0.1, 0.15) is 56.4 Å². The smallest absolute Gasteiger partial charge is 0.115 e. The molecule has 1 unspecified atom stereocenters. The van der Waals surface area contributed by atoms with E-state index in [4.69, 9.17) is 0 Å². The summed E-state index contributed by atoms with van der Waals surface area (Å²) in [6.45, 7) is 9.31. The van der Waals surface area contributed by atoms with Crippen LogP contribution in [0.3, 0.4) is 0 Å². The molecule has 0 spiro atoms. The molecule has 1 atom stereocenters. The molecule has 24 heavy (non-hydrogen) atoms. The standard InChI is InChI=1S/C22H28O2/c1-21(2)13-17(11-15-5-7-16(14-23)8-6-15)22(3,4)19-10-9-18(24)12-20(19)21/h5-10,12,17,23-24H,11,13-14H2,1-4H3. The summed E-state index contributed by atoms with van der Waals surface area (Å²) in [6, 6.07) is 14.2. The maximum atomic E-state index is 9.92. The van der Waals surface area contributed by atoms with Crippen molar-refractivity contribution in [2.24, 2.45) is 5.92 Å². The van der Waals surface area contributed by atoms with Crippen molar-refractivity contribution in [2.75, 3.05) is 0 Å². The van der Waals surface area contributed by atoms with Crippen molar-refractivity contribution in [3.8, 4) is 5.75 Å². The molecule has 0 fully saturated rings. The van der Waals surface area contributed by atoms with E-state index in [0.29, 0.717) is 11.7 Å². The third-order valence-corrected chi connectivity index (χ3v) is 5.89. The average Bonchev–Trinajstić information content (AvgIpc) is 2.53. The highest BCUT2D eigenvalue weighted by Gasteiger charge is 2.43. The zero-order valence-electron chi connectivity index (χ0n) is 15.1. The Morgan fingerprint density at radius 1 is 0.917 bits per heavy atom.